The van der Waals surface area contributed by atoms with Gasteiger partial charge in [0.2, 0.25) is 0 Å². The molecular weight excluding hydrogens is 242 g/mol. The van der Waals surface area contributed by atoms with Gasteiger partial charge in [0.25, 0.3) is 0 Å². The van der Waals surface area contributed by atoms with Crippen LogP contribution in [0.3, 0.4) is 0 Å². The quantitative estimate of drug-likeness (QED) is 0.818. The van der Waals surface area contributed by atoms with Crippen LogP contribution in [0.5, 0.6) is 5.75 Å². The van der Waals surface area contributed by atoms with Crippen molar-refractivity contribution in [1.82, 2.24) is 5.32 Å². The maximum Gasteiger partial charge on any atom is 0.138 e. The molecule has 1 aromatic rings. The Hall–Kier alpha value is -0.800. The minimum Gasteiger partial charge on any atom is -0.488 e. The Labute approximate surface area is 93.1 Å². The monoisotopic (exact) mass is 255 g/mol. The molecule has 0 unspecified atom stereocenters. The van der Waals surface area contributed by atoms with E-state index in [4.69, 9.17) is 4.74 Å². The van der Waals surface area contributed by atoms with Crippen LogP contribution in [0.25, 0.3) is 0 Å². The zero-order chi connectivity index (χ0) is 10.4. The van der Waals surface area contributed by atoms with Crippen molar-refractivity contribution in [1.29, 1.82) is 0 Å². The number of hydrogen-bond acceptors (Lipinski definition) is 2. The standard InChI is InChI=1S/C11H14BrNO/c1-3-7-14-11-9(8-13-2)5-4-6-10(11)12/h3-6,13H,1,7-8H2,2H3. The predicted molar refractivity (Wildman–Crippen MR) is 62.6 cm³/mol. The van der Waals surface area contributed by atoms with E-state index in [9.17, 15) is 0 Å². The number of hydrogen-bond donors (Lipinski definition) is 1. The van der Waals surface area contributed by atoms with E-state index >= 15 is 0 Å². The molecule has 0 amide bonds. The second kappa shape index (κ2) is 5.83. The van der Waals surface area contributed by atoms with Crippen LogP contribution >= 0.6 is 15.9 Å². The summed E-state index contributed by atoms with van der Waals surface area (Å²) in [6.07, 6.45) is 1.74. The predicted octanol–water partition coefficient (Wildman–Crippen LogP) is 2.73. The summed E-state index contributed by atoms with van der Waals surface area (Å²) in [7, 11) is 1.91. The van der Waals surface area contributed by atoms with E-state index in [2.05, 4.69) is 27.8 Å². The molecule has 3 heteroatoms. The summed E-state index contributed by atoms with van der Waals surface area (Å²) in [5, 5.41) is 3.10. The van der Waals surface area contributed by atoms with E-state index in [1.165, 1.54) is 0 Å². The lowest BCUT2D eigenvalue weighted by atomic mass is 10.2. The molecule has 0 aromatic heterocycles. The summed E-state index contributed by atoms with van der Waals surface area (Å²) in [6.45, 7) is 4.95. The van der Waals surface area contributed by atoms with Crippen molar-refractivity contribution in [2.45, 2.75) is 6.54 Å². The Morgan fingerprint density at radius 3 is 3.00 bits per heavy atom. The van der Waals surface area contributed by atoms with Gasteiger partial charge in [0.15, 0.2) is 0 Å². The molecule has 2 nitrogen and oxygen atoms in total. The molecule has 0 saturated heterocycles. The molecule has 0 atom stereocenters. The van der Waals surface area contributed by atoms with Crippen LogP contribution in [0.4, 0.5) is 0 Å². The van der Waals surface area contributed by atoms with E-state index in [0.717, 1.165) is 22.3 Å². The zero-order valence-electron chi connectivity index (χ0n) is 8.22. The molecule has 0 spiro atoms. The van der Waals surface area contributed by atoms with Crippen LogP contribution in [0, 0.1) is 0 Å². The minimum absolute atomic E-state index is 0.527. The Kier molecular flexibility index (Phi) is 4.70. The highest BCUT2D eigenvalue weighted by atomic mass is 79.9. The van der Waals surface area contributed by atoms with Gasteiger partial charge in [0.05, 0.1) is 4.47 Å². The molecule has 0 aliphatic heterocycles. The fourth-order valence-corrected chi connectivity index (χ4v) is 1.71. The number of para-hydroxylation sites is 1. The third-order valence-corrected chi connectivity index (χ3v) is 2.39. The number of ether oxygens (including phenoxy) is 1. The molecule has 76 valence electrons. The summed E-state index contributed by atoms with van der Waals surface area (Å²) in [4.78, 5) is 0. The van der Waals surface area contributed by atoms with Gasteiger partial charge in [-0.15, -0.1) is 0 Å². The van der Waals surface area contributed by atoms with Gasteiger partial charge in [-0.1, -0.05) is 24.8 Å². The van der Waals surface area contributed by atoms with E-state index < -0.39 is 0 Å². The Morgan fingerprint density at radius 1 is 1.57 bits per heavy atom. The van der Waals surface area contributed by atoms with Gasteiger partial charge in [0.1, 0.15) is 12.4 Å². The highest BCUT2D eigenvalue weighted by molar-refractivity contribution is 9.10. The van der Waals surface area contributed by atoms with Gasteiger partial charge in [-0.05, 0) is 29.0 Å². The molecule has 0 aliphatic rings. The fraction of sp³-hybridized carbons (Fsp3) is 0.273. The van der Waals surface area contributed by atoms with Crippen molar-refractivity contribution in [3.63, 3.8) is 0 Å². The van der Waals surface area contributed by atoms with E-state index in [1.54, 1.807) is 6.08 Å². The zero-order valence-corrected chi connectivity index (χ0v) is 9.80. The topological polar surface area (TPSA) is 21.3 Å². The van der Waals surface area contributed by atoms with Crippen molar-refractivity contribution in [3.8, 4) is 5.75 Å². The number of benzene rings is 1. The van der Waals surface area contributed by atoms with Gasteiger partial charge < -0.3 is 10.1 Å². The maximum absolute atomic E-state index is 5.56. The third-order valence-electron chi connectivity index (χ3n) is 1.76. The average molecular weight is 256 g/mol. The first-order valence-electron chi connectivity index (χ1n) is 4.45. The molecule has 0 radical (unpaired) electrons. The summed E-state index contributed by atoms with van der Waals surface area (Å²) in [5.41, 5.74) is 1.14. The maximum atomic E-state index is 5.56. The van der Waals surface area contributed by atoms with Crippen molar-refractivity contribution in [2.24, 2.45) is 0 Å². The SMILES string of the molecule is C=CCOc1c(Br)cccc1CNC. The first kappa shape index (κ1) is 11.3. The van der Waals surface area contributed by atoms with Crippen LogP contribution in [0.1, 0.15) is 5.56 Å². The normalized spacial score (nSPS) is 9.86. The summed E-state index contributed by atoms with van der Waals surface area (Å²) >= 11 is 3.46. The molecule has 1 rings (SSSR count). The molecule has 0 fully saturated rings. The van der Waals surface area contributed by atoms with Gasteiger partial charge in [0, 0.05) is 12.1 Å². The molecule has 0 saturated carbocycles. The van der Waals surface area contributed by atoms with Crippen LogP contribution in [0.15, 0.2) is 35.3 Å². The summed E-state index contributed by atoms with van der Waals surface area (Å²) in [5.74, 6) is 0.891. The summed E-state index contributed by atoms with van der Waals surface area (Å²) in [6, 6.07) is 6.01. The third kappa shape index (κ3) is 2.86. The lowest BCUT2D eigenvalue weighted by Crippen LogP contribution is -2.07. The number of nitrogens with one attached hydrogen (secondary N) is 1. The Balaban J connectivity index is 2.89. The van der Waals surface area contributed by atoms with Crippen molar-refractivity contribution in [3.05, 3.63) is 40.9 Å². The molecule has 1 N–H and O–H groups in total. The van der Waals surface area contributed by atoms with Crippen LogP contribution in [0.2, 0.25) is 0 Å². The number of halogens is 1. The molecule has 0 aliphatic carbocycles. The lowest BCUT2D eigenvalue weighted by Gasteiger charge is -2.11. The lowest BCUT2D eigenvalue weighted by molar-refractivity contribution is 0.356. The first-order valence-corrected chi connectivity index (χ1v) is 5.24. The highest BCUT2D eigenvalue weighted by Gasteiger charge is 2.05. The van der Waals surface area contributed by atoms with E-state index in [0.29, 0.717) is 6.61 Å². The Bertz CT molecular complexity index is 312. The molecule has 0 bridgehead atoms. The van der Waals surface area contributed by atoms with Gasteiger partial charge >= 0.3 is 0 Å². The Morgan fingerprint density at radius 2 is 2.36 bits per heavy atom. The van der Waals surface area contributed by atoms with Crippen LogP contribution in [-0.4, -0.2) is 13.7 Å². The first-order chi connectivity index (χ1) is 6.79. The van der Waals surface area contributed by atoms with Gasteiger partial charge in [-0.25, -0.2) is 0 Å². The van der Waals surface area contributed by atoms with Crippen molar-refractivity contribution in [2.75, 3.05) is 13.7 Å². The average Bonchev–Trinajstić information content (AvgIpc) is 2.18. The van der Waals surface area contributed by atoms with Gasteiger partial charge in [-0.2, -0.15) is 0 Å². The molecular formula is C11H14BrNO. The van der Waals surface area contributed by atoms with Crippen molar-refractivity contribution < 1.29 is 4.74 Å². The van der Waals surface area contributed by atoms with Crippen LogP contribution in [-0.2, 0) is 6.54 Å². The highest BCUT2D eigenvalue weighted by Crippen LogP contribution is 2.28. The van der Waals surface area contributed by atoms with E-state index in [1.807, 2.05) is 25.2 Å². The second-order valence-corrected chi connectivity index (χ2v) is 3.71. The van der Waals surface area contributed by atoms with Gasteiger partial charge in [-0.3, -0.25) is 0 Å². The largest absolute Gasteiger partial charge is 0.488 e. The second-order valence-electron chi connectivity index (χ2n) is 2.86. The van der Waals surface area contributed by atoms with Crippen molar-refractivity contribution >= 4 is 15.9 Å². The fourth-order valence-electron chi connectivity index (χ4n) is 1.19. The van der Waals surface area contributed by atoms with Crippen LogP contribution < -0.4 is 10.1 Å². The minimum atomic E-state index is 0.527. The number of rotatable bonds is 5. The summed E-state index contributed by atoms with van der Waals surface area (Å²) < 4.78 is 6.54. The molecule has 0 heterocycles. The molecule has 1 aromatic carbocycles. The molecule has 14 heavy (non-hydrogen) atoms. The van der Waals surface area contributed by atoms with E-state index in [-0.39, 0.29) is 0 Å². The smallest absolute Gasteiger partial charge is 0.138 e.